The third-order valence-corrected chi connectivity index (χ3v) is 8.70. The van der Waals surface area contributed by atoms with Crippen molar-refractivity contribution >= 4 is 17.5 Å². The minimum Gasteiger partial charge on any atom is -0.268 e. The molecule has 34 heavy (non-hydrogen) atoms. The summed E-state index contributed by atoms with van der Waals surface area (Å²) in [5.74, 6) is 1.57. The largest absolute Gasteiger partial charge is 0.268 e. The van der Waals surface area contributed by atoms with E-state index >= 15 is 0 Å². The number of nitrogens with zero attached hydrogens (tertiary/aromatic N) is 4. The van der Waals surface area contributed by atoms with Crippen molar-refractivity contribution in [3.63, 3.8) is 0 Å². The standard InChI is InChI=1S/C28H30N4OS/c1-3-17-34-27-30-29-26-31(21-13-11-19(2)12-14-21)25(33)23-24(32(26)27)22-10-6-5-9-20(22)18-28(23)15-7-4-8-16-28/h5-6,9-14H,3-4,7-8,15-18H2,1-2H3. The molecule has 1 saturated carbocycles. The van der Waals surface area contributed by atoms with Gasteiger partial charge in [0, 0.05) is 22.3 Å². The zero-order chi connectivity index (χ0) is 23.3. The number of fused-ring (bicyclic) bond motifs is 6. The van der Waals surface area contributed by atoms with Crippen LogP contribution in [0.2, 0.25) is 0 Å². The summed E-state index contributed by atoms with van der Waals surface area (Å²) < 4.78 is 4.00. The Morgan fingerprint density at radius 1 is 1.00 bits per heavy atom. The first-order valence-electron chi connectivity index (χ1n) is 12.5. The molecule has 1 fully saturated rings. The highest BCUT2D eigenvalue weighted by atomic mass is 32.2. The molecular formula is C28H30N4OS. The van der Waals surface area contributed by atoms with Crippen LogP contribution in [-0.2, 0) is 11.8 Å². The van der Waals surface area contributed by atoms with Gasteiger partial charge in [-0.25, -0.2) is 4.57 Å². The third-order valence-electron chi connectivity index (χ3n) is 7.56. The van der Waals surface area contributed by atoms with E-state index in [1.54, 1.807) is 11.8 Å². The normalized spacial score (nSPS) is 16.5. The van der Waals surface area contributed by atoms with Crippen molar-refractivity contribution in [3.8, 4) is 16.9 Å². The van der Waals surface area contributed by atoms with E-state index in [4.69, 9.17) is 0 Å². The molecule has 174 valence electrons. The average molecular weight is 471 g/mol. The van der Waals surface area contributed by atoms with E-state index in [2.05, 4.69) is 64.8 Å². The average Bonchev–Trinajstić information content (AvgIpc) is 3.27. The van der Waals surface area contributed by atoms with Gasteiger partial charge < -0.3 is 0 Å². The summed E-state index contributed by atoms with van der Waals surface area (Å²) in [5, 5.41) is 10.1. The van der Waals surface area contributed by atoms with Crippen LogP contribution in [0.15, 0.2) is 58.5 Å². The maximum Gasteiger partial charge on any atom is 0.263 e. The summed E-state index contributed by atoms with van der Waals surface area (Å²) >= 11 is 1.73. The minimum atomic E-state index is -0.128. The molecule has 0 saturated heterocycles. The molecule has 0 radical (unpaired) electrons. The Labute approximate surface area is 204 Å². The summed E-state index contributed by atoms with van der Waals surface area (Å²) in [6, 6.07) is 16.8. The first-order valence-corrected chi connectivity index (χ1v) is 13.4. The minimum absolute atomic E-state index is 0.0715. The lowest BCUT2D eigenvalue weighted by molar-refractivity contribution is 0.284. The van der Waals surface area contributed by atoms with E-state index in [9.17, 15) is 4.79 Å². The summed E-state index contributed by atoms with van der Waals surface area (Å²) in [5.41, 5.74) is 6.46. The van der Waals surface area contributed by atoms with Gasteiger partial charge in [0.2, 0.25) is 5.78 Å². The molecule has 1 spiro atoms. The second-order valence-electron chi connectivity index (χ2n) is 9.84. The van der Waals surface area contributed by atoms with E-state index in [-0.39, 0.29) is 11.0 Å². The van der Waals surface area contributed by atoms with Crippen LogP contribution in [0.25, 0.3) is 22.7 Å². The fourth-order valence-corrected chi connectivity index (χ4v) is 6.77. The summed E-state index contributed by atoms with van der Waals surface area (Å²) in [4.78, 5) is 14.5. The number of benzene rings is 2. The van der Waals surface area contributed by atoms with E-state index in [0.29, 0.717) is 5.78 Å². The van der Waals surface area contributed by atoms with Gasteiger partial charge in [-0.05, 0) is 50.3 Å². The first kappa shape index (κ1) is 21.7. The third kappa shape index (κ3) is 3.26. The van der Waals surface area contributed by atoms with Crippen molar-refractivity contribution in [2.75, 3.05) is 5.75 Å². The van der Waals surface area contributed by atoms with E-state index in [0.717, 1.165) is 59.1 Å². The molecular weight excluding hydrogens is 440 g/mol. The van der Waals surface area contributed by atoms with Crippen molar-refractivity contribution in [1.82, 2.24) is 19.2 Å². The molecule has 5 nitrogen and oxygen atoms in total. The molecule has 0 bridgehead atoms. The molecule has 0 N–H and O–H groups in total. The Morgan fingerprint density at radius 3 is 2.53 bits per heavy atom. The molecule has 6 rings (SSSR count). The monoisotopic (exact) mass is 470 g/mol. The maximum absolute atomic E-state index is 14.5. The van der Waals surface area contributed by atoms with Crippen molar-refractivity contribution in [1.29, 1.82) is 0 Å². The van der Waals surface area contributed by atoms with Gasteiger partial charge in [-0.2, -0.15) is 0 Å². The predicted octanol–water partition coefficient (Wildman–Crippen LogP) is 6.12. The van der Waals surface area contributed by atoms with Gasteiger partial charge in [-0.15, -0.1) is 10.2 Å². The van der Waals surface area contributed by atoms with E-state index in [1.807, 2.05) is 16.7 Å². The highest BCUT2D eigenvalue weighted by Gasteiger charge is 2.44. The van der Waals surface area contributed by atoms with Crippen LogP contribution in [0, 0.1) is 6.92 Å². The topological polar surface area (TPSA) is 52.2 Å². The molecule has 2 aliphatic carbocycles. The number of aromatic nitrogens is 4. The molecule has 0 aliphatic heterocycles. The van der Waals surface area contributed by atoms with Gasteiger partial charge in [0.15, 0.2) is 5.16 Å². The Balaban J connectivity index is 1.76. The Morgan fingerprint density at radius 2 is 1.76 bits per heavy atom. The van der Waals surface area contributed by atoms with Crippen LogP contribution in [0.5, 0.6) is 0 Å². The van der Waals surface area contributed by atoms with Crippen LogP contribution in [-0.4, -0.2) is 24.9 Å². The molecule has 0 atom stereocenters. The lowest BCUT2D eigenvalue weighted by Crippen LogP contribution is -2.43. The van der Waals surface area contributed by atoms with E-state index < -0.39 is 0 Å². The first-order chi connectivity index (χ1) is 16.6. The molecule has 2 heterocycles. The fourth-order valence-electron chi connectivity index (χ4n) is 5.98. The van der Waals surface area contributed by atoms with Crippen LogP contribution in [0.4, 0.5) is 0 Å². The van der Waals surface area contributed by atoms with Crippen molar-refractivity contribution in [3.05, 3.63) is 75.6 Å². The van der Waals surface area contributed by atoms with Crippen LogP contribution in [0.3, 0.4) is 0 Å². The molecule has 0 amide bonds. The van der Waals surface area contributed by atoms with Gasteiger partial charge in [-0.1, -0.05) is 79.9 Å². The Hall–Kier alpha value is -2.86. The highest BCUT2D eigenvalue weighted by Crippen LogP contribution is 2.49. The number of hydrogen-bond acceptors (Lipinski definition) is 4. The number of rotatable bonds is 4. The fraction of sp³-hybridized carbons (Fsp3) is 0.393. The van der Waals surface area contributed by atoms with Crippen molar-refractivity contribution < 1.29 is 0 Å². The number of aryl methyl sites for hydroxylation is 1. The molecule has 2 aliphatic rings. The van der Waals surface area contributed by atoms with Crippen LogP contribution < -0.4 is 5.56 Å². The zero-order valence-electron chi connectivity index (χ0n) is 19.9. The second kappa shape index (κ2) is 8.42. The quantitative estimate of drug-likeness (QED) is 0.337. The van der Waals surface area contributed by atoms with Crippen molar-refractivity contribution in [2.45, 2.75) is 69.4 Å². The summed E-state index contributed by atoms with van der Waals surface area (Å²) in [6.45, 7) is 4.25. The highest BCUT2D eigenvalue weighted by molar-refractivity contribution is 7.99. The SMILES string of the molecule is CCCSc1nnc2n(-c3ccc(C)cc3)c(=O)c3c(n12)-c1ccccc1CC31CCCCC1. The maximum atomic E-state index is 14.5. The molecule has 0 unspecified atom stereocenters. The zero-order valence-corrected chi connectivity index (χ0v) is 20.7. The lowest BCUT2D eigenvalue weighted by atomic mass is 9.62. The number of thioether (sulfide) groups is 1. The van der Waals surface area contributed by atoms with Gasteiger partial charge in [0.05, 0.1) is 11.4 Å². The molecule has 2 aromatic carbocycles. The van der Waals surface area contributed by atoms with Crippen LogP contribution >= 0.6 is 11.8 Å². The smallest absolute Gasteiger partial charge is 0.263 e. The summed E-state index contributed by atoms with van der Waals surface area (Å²) in [7, 11) is 0. The summed E-state index contributed by atoms with van der Waals surface area (Å²) in [6.07, 6.45) is 7.69. The molecule has 4 aromatic rings. The van der Waals surface area contributed by atoms with E-state index in [1.165, 1.54) is 30.4 Å². The second-order valence-corrected chi connectivity index (χ2v) is 10.9. The van der Waals surface area contributed by atoms with Gasteiger partial charge in [0.1, 0.15) is 0 Å². The molecule has 6 heteroatoms. The predicted molar refractivity (Wildman–Crippen MR) is 138 cm³/mol. The van der Waals surface area contributed by atoms with Gasteiger partial charge in [0.25, 0.3) is 5.56 Å². The lowest BCUT2D eigenvalue weighted by Gasteiger charge is -2.42. The molecule has 2 aromatic heterocycles. The Kier molecular flexibility index (Phi) is 5.36. The van der Waals surface area contributed by atoms with Gasteiger partial charge >= 0.3 is 0 Å². The Bertz CT molecular complexity index is 1430. The van der Waals surface area contributed by atoms with Crippen molar-refractivity contribution in [2.24, 2.45) is 0 Å². The van der Waals surface area contributed by atoms with Gasteiger partial charge in [-0.3, -0.25) is 9.20 Å². The number of hydrogen-bond donors (Lipinski definition) is 0. The van der Waals surface area contributed by atoms with Crippen LogP contribution in [0.1, 0.15) is 62.1 Å².